The molecule has 0 aliphatic carbocycles. The number of benzene rings is 2. The van der Waals surface area contributed by atoms with Crippen molar-refractivity contribution in [2.45, 2.75) is 6.54 Å². The number of aromatic nitrogens is 3. The maximum Gasteiger partial charge on any atom is 0.439 e. The largest absolute Gasteiger partial charge is 0.439 e. The molecule has 0 bridgehead atoms. The van der Waals surface area contributed by atoms with Gasteiger partial charge in [-0.3, -0.25) is 14.3 Å². The van der Waals surface area contributed by atoms with E-state index < -0.39 is 5.76 Å². The Morgan fingerprint density at radius 2 is 2.12 bits per heavy atom. The molecule has 4 rings (SSSR count). The van der Waals surface area contributed by atoms with Crippen molar-refractivity contribution >= 4 is 33.1 Å². The van der Waals surface area contributed by atoms with Crippen LogP contribution in [0.2, 0.25) is 0 Å². The Morgan fingerprint density at radius 3 is 2.84 bits per heavy atom. The first-order valence-electron chi connectivity index (χ1n) is 7.53. The zero-order valence-electron chi connectivity index (χ0n) is 12.9. The number of hydrogen-bond acceptors (Lipinski definition) is 4. The molecule has 0 saturated carbocycles. The average Bonchev–Trinajstić information content (AvgIpc) is 3.18. The lowest BCUT2D eigenvalue weighted by molar-refractivity contribution is 0.112. The molecule has 124 valence electrons. The van der Waals surface area contributed by atoms with E-state index in [2.05, 4.69) is 30.6 Å². The predicted octanol–water partition coefficient (Wildman–Crippen LogP) is 3.61. The highest BCUT2D eigenvalue weighted by molar-refractivity contribution is 9.10. The second-order valence-corrected chi connectivity index (χ2v) is 6.55. The van der Waals surface area contributed by atoms with Gasteiger partial charge in [0.05, 0.1) is 0 Å². The van der Waals surface area contributed by atoms with E-state index in [0.29, 0.717) is 23.5 Å². The maximum atomic E-state index is 11.5. The molecule has 2 aromatic heterocycles. The SMILES string of the molecule is O=Cc1cn(Cc2cccc(Br)c2)c2ccc(-c3noc(=O)[nH]3)cc12. The summed E-state index contributed by atoms with van der Waals surface area (Å²) in [6.45, 7) is 0.643. The average molecular weight is 398 g/mol. The lowest BCUT2D eigenvalue weighted by atomic mass is 10.1. The third kappa shape index (κ3) is 2.94. The van der Waals surface area contributed by atoms with Gasteiger partial charge >= 0.3 is 5.76 Å². The van der Waals surface area contributed by atoms with Crippen LogP contribution in [0.25, 0.3) is 22.3 Å². The van der Waals surface area contributed by atoms with E-state index in [1.54, 1.807) is 0 Å². The Kier molecular flexibility index (Phi) is 3.85. The minimum Gasteiger partial charge on any atom is -0.342 e. The van der Waals surface area contributed by atoms with Crippen LogP contribution in [0.3, 0.4) is 0 Å². The number of nitrogens with zero attached hydrogens (tertiary/aromatic N) is 2. The van der Waals surface area contributed by atoms with Crippen LogP contribution >= 0.6 is 15.9 Å². The summed E-state index contributed by atoms with van der Waals surface area (Å²) in [5, 5.41) is 4.49. The summed E-state index contributed by atoms with van der Waals surface area (Å²) in [4.78, 5) is 25.1. The number of aldehydes is 1. The van der Waals surface area contributed by atoms with E-state index in [-0.39, 0.29) is 0 Å². The van der Waals surface area contributed by atoms with E-state index in [4.69, 9.17) is 0 Å². The molecule has 7 heteroatoms. The van der Waals surface area contributed by atoms with Crippen LogP contribution in [-0.2, 0) is 6.54 Å². The fourth-order valence-corrected chi connectivity index (χ4v) is 3.33. The molecule has 0 aliphatic rings. The lowest BCUT2D eigenvalue weighted by Gasteiger charge is -2.06. The normalized spacial score (nSPS) is 11.1. The number of H-pyrrole nitrogens is 1. The Labute approximate surface area is 150 Å². The summed E-state index contributed by atoms with van der Waals surface area (Å²) in [7, 11) is 0. The third-order valence-electron chi connectivity index (χ3n) is 3.99. The van der Waals surface area contributed by atoms with Crippen molar-refractivity contribution in [1.29, 1.82) is 0 Å². The van der Waals surface area contributed by atoms with Crippen molar-refractivity contribution < 1.29 is 9.32 Å². The lowest BCUT2D eigenvalue weighted by Crippen LogP contribution is -1.98. The molecule has 25 heavy (non-hydrogen) atoms. The molecule has 0 unspecified atom stereocenters. The smallest absolute Gasteiger partial charge is 0.342 e. The monoisotopic (exact) mass is 397 g/mol. The Balaban J connectivity index is 1.81. The minimum atomic E-state index is -0.613. The van der Waals surface area contributed by atoms with Crippen molar-refractivity contribution in [3.8, 4) is 11.4 Å². The van der Waals surface area contributed by atoms with Crippen LogP contribution in [0, 0.1) is 0 Å². The summed E-state index contributed by atoms with van der Waals surface area (Å²) < 4.78 is 7.58. The molecular formula is C18H12BrN3O3. The summed E-state index contributed by atoms with van der Waals surface area (Å²) >= 11 is 3.47. The molecule has 2 heterocycles. The van der Waals surface area contributed by atoms with Gasteiger partial charge in [-0.15, -0.1) is 0 Å². The van der Waals surface area contributed by atoms with Gasteiger partial charge in [0.1, 0.15) is 0 Å². The van der Waals surface area contributed by atoms with Crippen molar-refractivity contribution in [3.05, 3.63) is 74.8 Å². The maximum absolute atomic E-state index is 11.5. The zero-order valence-corrected chi connectivity index (χ0v) is 14.5. The molecule has 0 atom stereocenters. The quantitative estimate of drug-likeness (QED) is 0.533. The van der Waals surface area contributed by atoms with E-state index in [1.165, 1.54) is 0 Å². The van der Waals surface area contributed by atoms with Gasteiger partial charge in [0.25, 0.3) is 0 Å². The summed E-state index contributed by atoms with van der Waals surface area (Å²) in [6, 6.07) is 13.6. The molecule has 6 nitrogen and oxygen atoms in total. The van der Waals surface area contributed by atoms with Gasteiger partial charge < -0.3 is 4.57 Å². The number of hydrogen-bond donors (Lipinski definition) is 1. The van der Waals surface area contributed by atoms with Gasteiger partial charge in [-0.1, -0.05) is 33.2 Å². The Bertz CT molecular complexity index is 1140. The molecule has 0 spiro atoms. The van der Waals surface area contributed by atoms with Crippen molar-refractivity contribution in [2.24, 2.45) is 0 Å². The number of fused-ring (bicyclic) bond motifs is 1. The van der Waals surface area contributed by atoms with Crippen LogP contribution in [0.15, 0.2) is 62.5 Å². The van der Waals surface area contributed by atoms with E-state index in [1.807, 2.05) is 53.2 Å². The van der Waals surface area contributed by atoms with Crippen molar-refractivity contribution in [1.82, 2.24) is 14.7 Å². The topological polar surface area (TPSA) is 80.9 Å². The van der Waals surface area contributed by atoms with Crippen LogP contribution in [0.1, 0.15) is 15.9 Å². The molecule has 4 aromatic rings. The molecule has 0 fully saturated rings. The fraction of sp³-hybridized carbons (Fsp3) is 0.0556. The van der Waals surface area contributed by atoms with Crippen molar-refractivity contribution in [3.63, 3.8) is 0 Å². The molecule has 0 saturated heterocycles. The molecule has 0 amide bonds. The summed E-state index contributed by atoms with van der Waals surface area (Å²) in [5.74, 6) is -0.276. The standard InChI is InChI=1S/C18H12BrN3O3/c19-14-3-1-2-11(6-14)8-22-9-13(10-23)15-7-12(4-5-16(15)22)17-20-18(24)25-21-17/h1-7,9-10H,8H2,(H,20,21,24). The third-order valence-corrected chi connectivity index (χ3v) is 4.49. The van der Waals surface area contributed by atoms with Crippen LogP contribution in [0.4, 0.5) is 0 Å². The van der Waals surface area contributed by atoms with Gasteiger partial charge in [-0.05, 0) is 35.9 Å². The van der Waals surface area contributed by atoms with Crippen LogP contribution < -0.4 is 5.76 Å². The number of rotatable bonds is 4. The van der Waals surface area contributed by atoms with Gasteiger partial charge in [-0.2, -0.15) is 0 Å². The first-order chi connectivity index (χ1) is 12.1. The van der Waals surface area contributed by atoms with Crippen LogP contribution in [-0.4, -0.2) is 21.0 Å². The number of carbonyl (C=O) groups excluding carboxylic acids is 1. The Morgan fingerprint density at radius 1 is 1.24 bits per heavy atom. The molecule has 0 aliphatic heterocycles. The summed E-state index contributed by atoms with van der Waals surface area (Å²) in [5.41, 5.74) is 3.31. The number of nitrogens with one attached hydrogen (secondary N) is 1. The summed E-state index contributed by atoms with van der Waals surface area (Å²) in [6.07, 6.45) is 2.66. The molecular weight excluding hydrogens is 386 g/mol. The highest BCUT2D eigenvalue weighted by atomic mass is 79.9. The predicted molar refractivity (Wildman–Crippen MR) is 96.7 cm³/mol. The number of aromatic amines is 1. The second kappa shape index (κ2) is 6.18. The first-order valence-corrected chi connectivity index (χ1v) is 8.32. The van der Waals surface area contributed by atoms with Gasteiger partial charge in [0, 0.05) is 39.2 Å². The van der Waals surface area contributed by atoms with E-state index in [0.717, 1.165) is 27.2 Å². The second-order valence-electron chi connectivity index (χ2n) is 5.64. The van der Waals surface area contributed by atoms with Gasteiger partial charge in [0.2, 0.25) is 0 Å². The van der Waals surface area contributed by atoms with Gasteiger partial charge in [-0.25, -0.2) is 4.79 Å². The zero-order chi connectivity index (χ0) is 17.4. The van der Waals surface area contributed by atoms with Gasteiger partial charge in [0.15, 0.2) is 12.1 Å². The fourth-order valence-electron chi connectivity index (χ4n) is 2.88. The molecule has 1 N–H and O–H groups in total. The van der Waals surface area contributed by atoms with Crippen LogP contribution in [0.5, 0.6) is 0 Å². The van der Waals surface area contributed by atoms with E-state index in [9.17, 15) is 9.59 Å². The highest BCUT2D eigenvalue weighted by Crippen LogP contribution is 2.26. The molecule has 2 aromatic carbocycles. The van der Waals surface area contributed by atoms with E-state index >= 15 is 0 Å². The van der Waals surface area contributed by atoms with Crippen molar-refractivity contribution in [2.75, 3.05) is 0 Å². The minimum absolute atomic E-state index is 0.337. The first kappa shape index (κ1) is 15.6. The number of halogens is 1. The highest BCUT2D eigenvalue weighted by Gasteiger charge is 2.12. The molecule has 0 radical (unpaired) electrons. The number of carbonyl (C=O) groups is 1. The Hall–Kier alpha value is -2.93.